The minimum Gasteiger partial charge on any atom is -0.481 e. The highest BCUT2D eigenvalue weighted by Crippen LogP contribution is 2.33. The zero-order valence-corrected chi connectivity index (χ0v) is 9.45. The maximum Gasteiger partial charge on any atom is 0.308 e. The lowest BCUT2D eigenvalue weighted by atomic mass is 10.0. The molecular formula is C12H19NO3. The van der Waals surface area contributed by atoms with Crippen molar-refractivity contribution in [1.29, 1.82) is 0 Å². The lowest BCUT2D eigenvalue weighted by Crippen LogP contribution is -2.40. The van der Waals surface area contributed by atoms with Gasteiger partial charge in [0, 0.05) is 12.5 Å². The maximum atomic E-state index is 11.6. The number of hydrogen-bond acceptors (Lipinski definition) is 2. The second-order valence-corrected chi connectivity index (χ2v) is 5.03. The molecule has 0 spiro atoms. The first-order valence-corrected chi connectivity index (χ1v) is 6.19. The van der Waals surface area contributed by atoms with Crippen LogP contribution in [0.25, 0.3) is 0 Å². The summed E-state index contributed by atoms with van der Waals surface area (Å²) < 4.78 is 0. The summed E-state index contributed by atoms with van der Waals surface area (Å²) in [6.45, 7) is 0. The topological polar surface area (TPSA) is 66.4 Å². The average Bonchev–Trinajstić information content (AvgIpc) is 2.95. The molecule has 2 saturated carbocycles. The molecule has 2 N–H and O–H groups in total. The third kappa shape index (κ3) is 2.97. The van der Waals surface area contributed by atoms with Gasteiger partial charge in [-0.15, -0.1) is 0 Å². The van der Waals surface area contributed by atoms with Gasteiger partial charge in [0.1, 0.15) is 0 Å². The molecule has 4 heteroatoms. The molecule has 0 heterocycles. The van der Waals surface area contributed by atoms with E-state index in [0.717, 1.165) is 25.2 Å². The first-order chi connectivity index (χ1) is 7.66. The number of hydrogen-bond donors (Lipinski definition) is 2. The van der Waals surface area contributed by atoms with E-state index >= 15 is 0 Å². The highest BCUT2D eigenvalue weighted by molar-refractivity contribution is 5.78. The van der Waals surface area contributed by atoms with Crippen LogP contribution in [0.1, 0.15) is 44.9 Å². The molecule has 0 bridgehead atoms. The van der Waals surface area contributed by atoms with Crippen LogP contribution in [0.2, 0.25) is 0 Å². The SMILES string of the molecule is O=C(CCC1CC1)NC1CCCC1C(=O)O. The lowest BCUT2D eigenvalue weighted by Gasteiger charge is -2.17. The van der Waals surface area contributed by atoms with Crippen molar-refractivity contribution in [3.05, 3.63) is 0 Å². The number of carboxylic acid groups (broad SMARTS) is 1. The Balaban J connectivity index is 1.74. The molecule has 2 aliphatic carbocycles. The van der Waals surface area contributed by atoms with Gasteiger partial charge in [0.2, 0.25) is 5.91 Å². The molecule has 16 heavy (non-hydrogen) atoms. The molecule has 0 aromatic rings. The van der Waals surface area contributed by atoms with Gasteiger partial charge in [0.05, 0.1) is 5.92 Å². The van der Waals surface area contributed by atoms with E-state index in [1.54, 1.807) is 0 Å². The molecule has 1 amide bonds. The van der Waals surface area contributed by atoms with E-state index in [9.17, 15) is 9.59 Å². The van der Waals surface area contributed by atoms with Gasteiger partial charge in [0.25, 0.3) is 0 Å². The Hall–Kier alpha value is -1.06. The molecule has 0 aliphatic heterocycles. The summed E-state index contributed by atoms with van der Waals surface area (Å²) in [5.74, 6) is -0.357. The summed E-state index contributed by atoms with van der Waals surface area (Å²) in [5.41, 5.74) is 0. The fraction of sp³-hybridized carbons (Fsp3) is 0.833. The Morgan fingerprint density at radius 2 is 1.94 bits per heavy atom. The number of carbonyl (C=O) groups excluding carboxylic acids is 1. The Labute approximate surface area is 95.4 Å². The summed E-state index contributed by atoms with van der Waals surface area (Å²) in [4.78, 5) is 22.5. The Morgan fingerprint density at radius 1 is 1.19 bits per heavy atom. The summed E-state index contributed by atoms with van der Waals surface area (Å²) in [6.07, 6.45) is 6.46. The quantitative estimate of drug-likeness (QED) is 0.746. The van der Waals surface area contributed by atoms with Gasteiger partial charge in [0.15, 0.2) is 0 Å². The van der Waals surface area contributed by atoms with Crippen molar-refractivity contribution < 1.29 is 14.7 Å². The van der Waals surface area contributed by atoms with E-state index in [0.29, 0.717) is 12.8 Å². The van der Waals surface area contributed by atoms with E-state index in [-0.39, 0.29) is 17.9 Å². The molecule has 2 fully saturated rings. The number of carbonyl (C=O) groups is 2. The molecule has 0 saturated heterocycles. The van der Waals surface area contributed by atoms with Gasteiger partial charge < -0.3 is 10.4 Å². The van der Waals surface area contributed by atoms with Crippen molar-refractivity contribution in [3.63, 3.8) is 0 Å². The highest BCUT2D eigenvalue weighted by atomic mass is 16.4. The van der Waals surface area contributed by atoms with Gasteiger partial charge in [-0.2, -0.15) is 0 Å². The highest BCUT2D eigenvalue weighted by Gasteiger charge is 2.34. The van der Waals surface area contributed by atoms with Crippen LogP contribution >= 0.6 is 0 Å². The molecule has 2 rings (SSSR count). The molecule has 0 radical (unpaired) electrons. The second kappa shape index (κ2) is 4.85. The molecule has 0 aromatic carbocycles. The van der Waals surface area contributed by atoms with Crippen LogP contribution in [0.3, 0.4) is 0 Å². The number of aliphatic carboxylic acids is 1. The van der Waals surface area contributed by atoms with Crippen molar-refractivity contribution in [1.82, 2.24) is 5.32 Å². The summed E-state index contributed by atoms with van der Waals surface area (Å²) in [7, 11) is 0. The fourth-order valence-corrected chi connectivity index (χ4v) is 2.45. The summed E-state index contributed by atoms with van der Waals surface area (Å²) in [5, 5.41) is 11.8. The van der Waals surface area contributed by atoms with Gasteiger partial charge in [-0.25, -0.2) is 0 Å². The maximum absolute atomic E-state index is 11.6. The molecular weight excluding hydrogens is 206 g/mol. The van der Waals surface area contributed by atoms with E-state index in [1.807, 2.05) is 0 Å². The first-order valence-electron chi connectivity index (χ1n) is 6.19. The molecule has 2 atom stereocenters. The largest absolute Gasteiger partial charge is 0.481 e. The zero-order chi connectivity index (χ0) is 11.5. The van der Waals surface area contributed by atoms with Crippen molar-refractivity contribution in [2.75, 3.05) is 0 Å². The number of amides is 1. The Kier molecular flexibility index (Phi) is 3.46. The van der Waals surface area contributed by atoms with E-state index in [4.69, 9.17) is 5.11 Å². The van der Waals surface area contributed by atoms with Gasteiger partial charge in [-0.3, -0.25) is 9.59 Å². The average molecular weight is 225 g/mol. The van der Waals surface area contributed by atoms with Crippen LogP contribution in [0.15, 0.2) is 0 Å². The van der Waals surface area contributed by atoms with Gasteiger partial charge in [-0.05, 0) is 25.2 Å². The van der Waals surface area contributed by atoms with Gasteiger partial charge >= 0.3 is 5.97 Å². The normalized spacial score (nSPS) is 29.0. The molecule has 2 unspecified atom stereocenters. The van der Waals surface area contributed by atoms with E-state index in [1.165, 1.54) is 12.8 Å². The van der Waals surface area contributed by atoms with E-state index < -0.39 is 5.97 Å². The number of nitrogens with one attached hydrogen (secondary N) is 1. The van der Waals surface area contributed by atoms with Gasteiger partial charge in [-0.1, -0.05) is 19.3 Å². The van der Waals surface area contributed by atoms with Crippen LogP contribution in [-0.4, -0.2) is 23.0 Å². The number of carboxylic acids is 1. The Morgan fingerprint density at radius 3 is 2.56 bits per heavy atom. The van der Waals surface area contributed by atoms with Crippen LogP contribution in [0.4, 0.5) is 0 Å². The van der Waals surface area contributed by atoms with Crippen LogP contribution in [0.5, 0.6) is 0 Å². The predicted octanol–water partition coefficient (Wildman–Crippen LogP) is 1.55. The summed E-state index contributed by atoms with van der Waals surface area (Å²) >= 11 is 0. The van der Waals surface area contributed by atoms with Crippen molar-refractivity contribution >= 4 is 11.9 Å². The third-order valence-corrected chi connectivity index (χ3v) is 3.66. The zero-order valence-electron chi connectivity index (χ0n) is 9.45. The second-order valence-electron chi connectivity index (χ2n) is 5.03. The molecule has 0 aromatic heterocycles. The minimum atomic E-state index is -0.773. The summed E-state index contributed by atoms with van der Waals surface area (Å²) in [6, 6.07) is -0.135. The lowest BCUT2D eigenvalue weighted by molar-refractivity contribution is -0.142. The van der Waals surface area contributed by atoms with Crippen LogP contribution < -0.4 is 5.32 Å². The molecule has 2 aliphatic rings. The van der Waals surface area contributed by atoms with Crippen molar-refractivity contribution in [3.8, 4) is 0 Å². The Bertz CT molecular complexity index is 286. The van der Waals surface area contributed by atoms with Crippen molar-refractivity contribution in [2.24, 2.45) is 11.8 Å². The fourth-order valence-electron chi connectivity index (χ4n) is 2.45. The smallest absolute Gasteiger partial charge is 0.308 e. The molecule has 4 nitrogen and oxygen atoms in total. The molecule has 90 valence electrons. The van der Waals surface area contributed by atoms with Crippen molar-refractivity contribution in [2.45, 2.75) is 51.0 Å². The standard InChI is InChI=1S/C12H19NO3/c14-11(7-6-8-4-5-8)13-10-3-1-2-9(10)12(15)16/h8-10H,1-7H2,(H,13,14)(H,15,16). The first kappa shape index (κ1) is 11.4. The third-order valence-electron chi connectivity index (χ3n) is 3.66. The van der Waals surface area contributed by atoms with E-state index in [2.05, 4.69) is 5.32 Å². The van der Waals surface area contributed by atoms with Crippen LogP contribution in [0, 0.1) is 11.8 Å². The monoisotopic (exact) mass is 225 g/mol. The minimum absolute atomic E-state index is 0.0325. The number of rotatable bonds is 5. The predicted molar refractivity (Wildman–Crippen MR) is 58.9 cm³/mol. The van der Waals surface area contributed by atoms with Crippen LogP contribution in [-0.2, 0) is 9.59 Å².